The molecule has 1 atom stereocenters. The fraction of sp³-hybridized carbons (Fsp3) is 0.917. The van der Waals surface area contributed by atoms with Crippen molar-refractivity contribution in [2.45, 2.75) is 26.2 Å². The fourth-order valence-corrected chi connectivity index (χ4v) is 3.87. The van der Waals surface area contributed by atoms with Crippen LogP contribution in [0.2, 0.25) is 0 Å². The smallest absolute Gasteiger partial charge is 0.223 e. The second-order valence-corrected chi connectivity index (χ2v) is 7.40. The van der Waals surface area contributed by atoms with Gasteiger partial charge in [0.15, 0.2) is 0 Å². The highest BCUT2D eigenvalue weighted by Crippen LogP contribution is 2.58. The highest BCUT2D eigenvalue weighted by molar-refractivity contribution is 7.89. The number of rotatable bonds is 6. The molecule has 0 aromatic carbocycles. The molecule has 3 N–H and O–H groups in total. The van der Waals surface area contributed by atoms with E-state index in [2.05, 4.69) is 15.4 Å². The number of piperidine rings is 1. The molecular weight excluding hydrogens is 266 g/mol. The van der Waals surface area contributed by atoms with E-state index in [-0.39, 0.29) is 29.5 Å². The summed E-state index contributed by atoms with van der Waals surface area (Å²) >= 11 is 0. The van der Waals surface area contributed by atoms with Crippen LogP contribution in [0, 0.1) is 11.3 Å². The summed E-state index contributed by atoms with van der Waals surface area (Å²) in [5, 5.41) is 6.05. The Hall–Kier alpha value is -0.660. The van der Waals surface area contributed by atoms with Crippen LogP contribution in [0.25, 0.3) is 0 Å². The summed E-state index contributed by atoms with van der Waals surface area (Å²) < 4.78 is 25.3. The van der Waals surface area contributed by atoms with Crippen LogP contribution in [0.1, 0.15) is 26.2 Å². The molecule has 1 aliphatic heterocycles. The van der Waals surface area contributed by atoms with Crippen molar-refractivity contribution < 1.29 is 13.2 Å². The lowest BCUT2D eigenvalue weighted by Gasteiger charge is -2.23. The molecule has 1 saturated carbocycles. The molecule has 0 radical (unpaired) electrons. The van der Waals surface area contributed by atoms with E-state index in [1.165, 1.54) is 0 Å². The van der Waals surface area contributed by atoms with Crippen molar-refractivity contribution in [2.75, 3.05) is 31.9 Å². The lowest BCUT2D eigenvalue weighted by molar-refractivity contribution is -0.123. The van der Waals surface area contributed by atoms with E-state index in [1.54, 1.807) is 6.92 Å². The minimum absolute atomic E-state index is 0.0219. The molecule has 2 aliphatic rings. The Labute approximate surface area is 114 Å². The molecule has 0 aromatic heterocycles. The molecule has 0 bridgehead atoms. The van der Waals surface area contributed by atoms with Gasteiger partial charge < -0.3 is 10.6 Å². The van der Waals surface area contributed by atoms with Crippen LogP contribution in [-0.2, 0) is 14.8 Å². The van der Waals surface area contributed by atoms with E-state index in [4.69, 9.17) is 0 Å². The molecule has 1 heterocycles. The first kappa shape index (κ1) is 14.7. The number of amides is 1. The van der Waals surface area contributed by atoms with Gasteiger partial charge >= 0.3 is 0 Å². The van der Waals surface area contributed by atoms with Crippen molar-refractivity contribution in [3.63, 3.8) is 0 Å². The Morgan fingerprint density at radius 2 is 2.05 bits per heavy atom. The minimum Gasteiger partial charge on any atom is -0.355 e. The zero-order valence-corrected chi connectivity index (χ0v) is 12.2. The summed E-state index contributed by atoms with van der Waals surface area (Å²) in [6.45, 7) is 4.28. The fourth-order valence-electron chi connectivity index (χ4n) is 2.92. The van der Waals surface area contributed by atoms with Crippen molar-refractivity contribution in [3.05, 3.63) is 0 Å². The number of sulfonamides is 1. The topological polar surface area (TPSA) is 87.3 Å². The van der Waals surface area contributed by atoms with Gasteiger partial charge in [0, 0.05) is 19.0 Å². The van der Waals surface area contributed by atoms with E-state index in [9.17, 15) is 13.2 Å². The van der Waals surface area contributed by atoms with Gasteiger partial charge in [-0.3, -0.25) is 4.79 Å². The van der Waals surface area contributed by atoms with Gasteiger partial charge in [0.25, 0.3) is 0 Å². The first-order chi connectivity index (χ1) is 8.99. The molecule has 19 heavy (non-hydrogen) atoms. The quantitative estimate of drug-likeness (QED) is 0.611. The van der Waals surface area contributed by atoms with E-state index < -0.39 is 10.0 Å². The molecule has 2 fully saturated rings. The van der Waals surface area contributed by atoms with Gasteiger partial charge in [0.1, 0.15) is 0 Å². The normalized spacial score (nSPS) is 25.2. The summed E-state index contributed by atoms with van der Waals surface area (Å²) in [5.41, 5.74) is 0.204. The summed E-state index contributed by atoms with van der Waals surface area (Å²) in [6, 6.07) is 0. The van der Waals surface area contributed by atoms with Gasteiger partial charge in [-0.25, -0.2) is 13.1 Å². The molecular formula is C12H23N3O3S. The third-order valence-corrected chi connectivity index (χ3v) is 5.61. The third-order valence-electron chi connectivity index (χ3n) is 4.14. The van der Waals surface area contributed by atoms with E-state index >= 15 is 0 Å². The molecule has 1 saturated heterocycles. The Morgan fingerprint density at radius 1 is 1.37 bits per heavy atom. The van der Waals surface area contributed by atoms with Gasteiger partial charge in [0.2, 0.25) is 15.9 Å². The van der Waals surface area contributed by atoms with Crippen molar-refractivity contribution in [2.24, 2.45) is 11.3 Å². The first-order valence-electron chi connectivity index (χ1n) is 6.95. The zero-order valence-electron chi connectivity index (χ0n) is 11.4. The largest absolute Gasteiger partial charge is 0.355 e. The highest BCUT2D eigenvalue weighted by Gasteiger charge is 2.57. The van der Waals surface area contributed by atoms with Crippen molar-refractivity contribution >= 4 is 15.9 Å². The van der Waals surface area contributed by atoms with E-state index in [1.807, 2.05) is 0 Å². The maximum atomic E-state index is 12.0. The van der Waals surface area contributed by atoms with Gasteiger partial charge in [-0.05, 0) is 37.8 Å². The number of nitrogens with one attached hydrogen (secondary N) is 3. The Morgan fingerprint density at radius 3 is 2.68 bits per heavy atom. The molecule has 0 aromatic rings. The highest BCUT2D eigenvalue weighted by atomic mass is 32.2. The molecule has 1 spiro atoms. The molecule has 7 heteroatoms. The van der Waals surface area contributed by atoms with Gasteiger partial charge in [0.05, 0.1) is 5.75 Å². The molecule has 6 nitrogen and oxygen atoms in total. The number of hydrogen-bond donors (Lipinski definition) is 3. The maximum Gasteiger partial charge on any atom is 0.223 e. The SMILES string of the molecule is CCNS(=O)(=O)CCNC(=O)C1CC12CCNCC2. The molecule has 2 rings (SSSR count). The average molecular weight is 289 g/mol. The Bertz CT molecular complexity index is 430. The molecule has 1 unspecified atom stereocenters. The summed E-state index contributed by atoms with van der Waals surface area (Å²) in [6.07, 6.45) is 3.07. The predicted octanol–water partition coefficient (Wildman–Crippen LogP) is -0.568. The minimum atomic E-state index is -3.24. The van der Waals surface area contributed by atoms with Gasteiger partial charge in [-0.15, -0.1) is 0 Å². The molecule has 1 aliphatic carbocycles. The summed E-state index contributed by atoms with van der Waals surface area (Å²) in [4.78, 5) is 12.0. The number of carbonyl (C=O) groups excluding carboxylic acids is 1. The van der Waals surface area contributed by atoms with Crippen LogP contribution >= 0.6 is 0 Å². The summed E-state index contributed by atoms with van der Waals surface area (Å²) in [5.74, 6) is 0.0680. The Balaban J connectivity index is 1.72. The van der Waals surface area contributed by atoms with E-state index in [0.717, 1.165) is 32.4 Å². The average Bonchev–Trinajstić information content (AvgIpc) is 3.03. The monoisotopic (exact) mass is 289 g/mol. The van der Waals surface area contributed by atoms with Crippen molar-refractivity contribution in [3.8, 4) is 0 Å². The second kappa shape index (κ2) is 5.76. The van der Waals surface area contributed by atoms with Crippen LogP contribution in [0.3, 0.4) is 0 Å². The van der Waals surface area contributed by atoms with Gasteiger partial charge in [-0.2, -0.15) is 0 Å². The Kier molecular flexibility index (Phi) is 4.47. The lowest BCUT2D eigenvalue weighted by atomic mass is 9.92. The molecule has 110 valence electrons. The number of carbonyl (C=O) groups is 1. The van der Waals surface area contributed by atoms with E-state index in [0.29, 0.717) is 6.54 Å². The lowest BCUT2D eigenvalue weighted by Crippen LogP contribution is -2.37. The zero-order chi connectivity index (χ0) is 13.9. The predicted molar refractivity (Wildman–Crippen MR) is 73.1 cm³/mol. The van der Waals surface area contributed by atoms with Crippen LogP contribution in [-0.4, -0.2) is 46.3 Å². The first-order valence-corrected chi connectivity index (χ1v) is 8.60. The third kappa shape index (κ3) is 3.67. The van der Waals surface area contributed by atoms with Crippen LogP contribution in [0.4, 0.5) is 0 Å². The maximum absolute atomic E-state index is 12.0. The van der Waals surface area contributed by atoms with Crippen molar-refractivity contribution in [1.29, 1.82) is 0 Å². The van der Waals surface area contributed by atoms with Crippen LogP contribution in [0.15, 0.2) is 0 Å². The second-order valence-electron chi connectivity index (χ2n) is 5.48. The molecule has 1 amide bonds. The van der Waals surface area contributed by atoms with Crippen LogP contribution in [0.5, 0.6) is 0 Å². The standard InChI is InChI=1S/C12H23N3O3S/c1-2-15-19(17,18)8-7-14-11(16)10-9-12(10)3-5-13-6-4-12/h10,13,15H,2-9H2,1H3,(H,14,16). The van der Waals surface area contributed by atoms with Crippen LogP contribution < -0.4 is 15.4 Å². The summed E-state index contributed by atoms with van der Waals surface area (Å²) in [7, 11) is -3.24. The van der Waals surface area contributed by atoms with Gasteiger partial charge in [-0.1, -0.05) is 6.92 Å². The number of hydrogen-bond acceptors (Lipinski definition) is 4. The van der Waals surface area contributed by atoms with Crippen molar-refractivity contribution in [1.82, 2.24) is 15.4 Å².